The van der Waals surface area contributed by atoms with Crippen LogP contribution in [0.1, 0.15) is 31.4 Å². The van der Waals surface area contributed by atoms with E-state index in [-0.39, 0.29) is 5.91 Å². The van der Waals surface area contributed by atoms with Gasteiger partial charge in [-0.05, 0) is 24.3 Å². The quantitative estimate of drug-likeness (QED) is 0.865. The van der Waals surface area contributed by atoms with Gasteiger partial charge in [-0.3, -0.25) is 9.78 Å². The fourth-order valence-corrected chi connectivity index (χ4v) is 2.85. The fourth-order valence-electron chi connectivity index (χ4n) is 2.66. The van der Waals surface area contributed by atoms with Gasteiger partial charge in [-0.15, -0.1) is 5.10 Å². The first-order valence-electron chi connectivity index (χ1n) is 7.31. The van der Waals surface area contributed by atoms with Crippen LogP contribution >= 0.6 is 11.6 Å². The highest BCUT2D eigenvalue weighted by molar-refractivity contribution is 6.30. The third kappa shape index (κ3) is 2.68. The predicted molar refractivity (Wildman–Crippen MR) is 87.8 cm³/mol. The number of nitrogens with zero attached hydrogens (tertiary/aromatic N) is 3. The lowest BCUT2D eigenvalue weighted by Gasteiger charge is -2.34. The highest BCUT2D eigenvalue weighted by Crippen LogP contribution is 2.40. The van der Waals surface area contributed by atoms with E-state index >= 15 is 0 Å². The van der Waals surface area contributed by atoms with Gasteiger partial charge in [-0.2, -0.15) is 5.01 Å². The van der Waals surface area contributed by atoms with Crippen molar-refractivity contribution in [2.45, 2.75) is 26.0 Å². The summed E-state index contributed by atoms with van der Waals surface area (Å²) in [5.41, 5.74) is 0.503. The molecule has 0 N–H and O–H groups in total. The number of pyridine rings is 1. The maximum absolute atomic E-state index is 12.1. The lowest BCUT2D eigenvalue weighted by atomic mass is 9.99. The first-order chi connectivity index (χ1) is 11.1. The first kappa shape index (κ1) is 15.5. The standard InChI is InChI=1S/C17H16ClN3O2/c1-3-17(14-7-4-8-15(18)10-14)21(12(2)22)20-16(23-17)13-6-5-9-19-11-13/h4-11H,3H2,1-2H3/t17-/m1/s1. The second-order valence-electron chi connectivity index (χ2n) is 5.23. The van der Waals surface area contributed by atoms with E-state index in [9.17, 15) is 4.79 Å². The number of rotatable bonds is 3. The molecule has 0 spiro atoms. The Morgan fingerprint density at radius 1 is 1.35 bits per heavy atom. The van der Waals surface area contributed by atoms with Crippen LogP contribution in [-0.2, 0) is 15.3 Å². The number of hydrazone groups is 1. The molecule has 0 saturated heterocycles. The predicted octanol–water partition coefficient (Wildman–Crippen LogP) is 3.54. The van der Waals surface area contributed by atoms with Crippen LogP contribution in [0.25, 0.3) is 0 Å². The van der Waals surface area contributed by atoms with Gasteiger partial charge in [-0.1, -0.05) is 30.7 Å². The number of hydrogen-bond donors (Lipinski definition) is 0. The van der Waals surface area contributed by atoms with Gasteiger partial charge in [0.05, 0.1) is 5.56 Å². The Hall–Kier alpha value is -2.40. The summed E-state index contributed by atoms with van der Waals surface area (Å²) >= 11 is 6.12. The average molecular weight is 330 g/mol. The normalized spacial score (nSPS) is 20.1. The Bertz CT molecular complexity index is 763. The molecule has 0 aliphatic carbocycles. The average Bonchev–Trinajstić information content (AvgIpc) is 2.97. The molecule has 3 rings (SSSR count). The Labute approximate surface area is 139 Å². The second kappa shape index (κ2) is 6.01. The molecule has 1 amide bonds. The second-order valence-corrected chi connectivity index (χ2v) is 5.66. The van der Waals surface area contributed by atoms with Crippen molar-refractivity contribution in [3.8, 4) is 0 Å². The molecule has 1 aromatic carbocycles. The SMILES string of the molecule is CC[C@]1(c2cccc(Cl)c2)OC(c2cccnc2)=NN1C(C)=O. The zero-order chi connectivity index (χ0) is 16.4. The monoisotopic (exact) mass is 329 g/mol. The molecule has 118 valence electrons. The van der Waals surface area contributed by atoms with E-state index in [1.54, 1.807) is 30.6 Å². The largest absolute Gasteiger partial charge is 0.443 e. The van der Waals surface area contributed by atoms with Crippen LogP contribution in [0.3, 0.4) is 0 Å². The van der Waals surface area contributed by atoms with Crippen molar-refractivity contribution in [2.75, 3.05) is 0 Å². The van der Waals surface area contributed by atoms with Crippen molar-refractivity contribution < 1.29 is 9.53 Å². The van der Waals surface area contributed by atoms with Gasteiger partial charge in [0.15, 0.2) is 0 Å². The van der Waals surface area contributed by atoms with Crippen LogP contribution < -0.4 is 0 Å². The smallest absolute Gasteiger partial charge is 0.243 e. The van der Waals surface area contributed by atoms with Crippen LogP contribution in [-0.4, -0.2) is 21.8 Å². The summed E-state index contributed by atoms with van der Waals surface area (Å²) in [6.07, 6.45) is 3.85. The number of hydrogen-bond acceptors (Lipinski definition) is 4. The summed E-state index contributed by atoms with van der Waals surface area (Å²) in [6, 6.07) is 10.9. The molecule has 1 aromatic heterocycles. The van der Waals surface area contributed by atoms with Gasteiger partial charge < -0.3 is 4.74 Å². The van der Waals surface area contributed by atoms with Crippen molar-refractivity contribution in [1.82, 2.24) is 9.99 Å². The van der Waals surface area contributed by atoms with Gasteiger partial charge in [0.2, 0.25) is 17.5 Å². The minimum atomic E-state index is -0.998. The summed E-state index contributed by atoms with van der Waals surface area (Å²) < 4.78 is 6.16. The van der Waals surface area contributed by atoms with Crippen molar-refractivity contribution in [3.05, 3.63) is 64.9 Å². The van der Waals surface area contributed by atoms with Crippen molar-refractivity contribution in [3.63, 3.8) is 0 Å². The van der Waals surface area contributed by atoms with Gasteiger partial charge in [0.25, 0.3) is 0 Å². The number of halogens is 1. The molecule has 23 heavy (non-hydrogen) atoms. The molecule has 0 fully saturated rings. The van der Waals surface area contributed by atoms with E-state index in [2.05, 4.69) is 10.1 Å². The number of benzene rings is 1. The van der Waals surface area contributed by atoms with Crippen LogP contribution in [0.2, 0.25) is 5.02 Å². The van der Waals surface area contributed by atoms with Crippen molar-refractivity contribution in [2.24, 2.45) is 5.10 Å². The number of carbonyl (C=O) groups excluding carboxylic acids is 1. The molecule has 0 unspecified atom stereocenters. The third-order valence-electron chi connectivity index (χ3n) is 3.76. The molecule has 2 heterocycles. The first-order valence-corrected chi connectivity index (χ1v) is 7.69. The Morgan fingerprint density at radius 2 is 2.17 bits per heavy atom. The van der Waals surface area contributed by atoms with Crippen LogP contribution in [0, 0.1) is 0 Å². The minimum Gasteiger partial charge on any atom is -0.443 e. The molecule has 0 bridgehead atoms. The number of aromatic nitrogens is 1. The van der Waals surface area contributed by atoms with Crippen LogP contribution in [0.15, 0.2) is 53.9 Å². The Morgan fingerprint density at radius 3 is 2.78 bits per heavy atom. The minimum absolute atomic E-state index is 0.203. The van der Waals surface area contributed by atoms with Gasteiger partial charge in [0, 0.05) is 36.3 Å². The zero-order valence-corrected chi connectivity index (χ0v) is 13.6. The van der Waals surface area contributed by atoms with E-state index in [1.807, 2.05) is 25.1 Å². The van der Waals surface area contributed by atoms with Gasteiger partial charge in [-0.25, -0.2) is 0 Å². The molecule has 6 heteroatoms. The zero-order valence-electron chi connectivity index (χ0n) is 12.9. The molecule has 1 aliphatic rings. The van der Waals surface area contributed by atoms with E-state index in [0.717, 1.165) is 11.1 Å². The van der Waals surface area contributed by atoms with E-state index in [4.69, 9.17) is 16.3 Å². The van der Waals surface area contributed by atoms with Gasteiger partial charge >= 0.3 is 0 Å². The topological polar surface area (TPSA) is 54.8 Å². The third-order valence-corrected chi connectivity index (χ3v) is 4.00. The highest BCUT2D eigenvalue weighted by Gasteiger charge is 2.47. The molecule has 1 atom stereocenters. The van der Waals surface area contributed by atoms with Gasteiger partial charge in [0.1, 0.15) is 0 Å². The molecule has 1 aliphatic heterocycles. The van der Waals surface area contributed by atoms with Crippen molar-refractivity contribution in [1.29, 1.82) is 0 Å². The molecule has 0 radical (unpaired) electrons. The number of carbonyl (C=O) groups is 1. The van der Waals surface area contributed by atoms with E-state index in [0.29, 0.717) is 17.3 Å². The van der Waals surface area contributed by atoms with E-state index < -0.39 is 5.72 Å². The van der Waals surface area contributed by atoms with E-state index in [1.165, 1.54) is 11.9 Å². The molecule has 0 saturated carbocycles. The maximum atomic E-state index is 12.1. The summed E-state index contributed by atoms with van der Waals surface area (Å²) in [5.74, 6) is 0.167. The summed E-state index contributed by atoms with van der Waals surface area (Å²) in [4.78, 5) is 16.2. The highest BCUT2D eigenvalue weighted by atomic mass is 35.5. The molecule has 5 nitrogen and oxygen atoms in total. The maximum Gasteiger partial charge on any atom is 0.243 e. The Kier molecular flexibility index (Phi) is 4.05. The summed E-state index contributed by atoms with van der Waals surface area (Å²) in [5, 5.41) is 6.34. The molecular weight excluding hydrogens is 314 g/mol. The Balaban J connectivity index is 2.09. The lowest BCUT2D eigenvalue weighted by Crippen LogP contribution is -2.43. The molecular formula is C17H16ClN3O2. The van der Waals surface area contributed by atoms with Crippen LogP contribution in [0.4, 0.5) is 0 Å². The number of ether oxygens (including phenoxy) is 1. The number of amides is 1. The summed E-state index contributed by atoms with van der Waals surface area (Å²) in [6.45, 7) is 3.41. The fraction of sp³-hybridized carbons (Fsp3) is 0.235. The van der Waals surface area contributed by atoms with Crippen LogP contribution in [0.5, 0.6) is 0 Å². The van der Waals surface area contributed by atoms with Crippen molar-refractivity contribution >= 4 is 23.4 Å². The summed E-state index contributed by atoms with van der Waals surface area (Å²) in [7, 11) is 0. The lowest BCUT2D eigenvalue weighted by molar-refractivity contribution is -0.149. The molecule has 2 aromatic rings.